The van der Waals surface area contributed by atoms with Crippen LogP contribution < -0.4 is 5.32 Å². The van der Waals surface area contributed by atoms with Gasteiger partial charge in [0.05, 0.1) is 6.26 Å². The predicted octanol–water partition coefficient (Wildman–Crippen LogP) is 3.08. The second kappa shape index (κ2) is 4.33. The van der Waals surface area contributed by atoms with Crippen molar-refractivity contribution in [1.82, 2.24) is 4.98 Å². The predicted molar refractivity (Wildman–Crippen MR) is 68.4 cm³/mol. The normalized spacial score (nSPS) is 10.4. The van der Waals surface area contributed by atoms with Gasteiger partial charge < -0.3 is 9.73 Å². The zero-order chi connectivity index (χ0) is 12.4. The van der Waals surface area contributed by atoms with Crippen molar-refractivity contribution in [3.63, 3.8) is 0 Å². The Bertz CT molecular complexity index is 685. The Morgan fingerprint density at radius 2 is 2.11 bits per heavy atom. The van der Waals surface area contributed by atoms with Gasteiger partial charge in [0.15, 0.2) is 5.76 Å². The van der Waals surface area contributed by atoms with Crippen LogP contribution in [-0.2, 0) is 0 Å². The van der Waals surface area contributed by atoms with Gasteiger partial charge in [0.25, 0.3) is 5.91 Å². The molecule has 88 valence electrons. The number of hydrogen-bond donors (Lipinski definition) is 1. The molecule has 18 heavy (non-hydrogen) atoms. The first kappa shape index (κ1) is 10.5. The maximum atomic E-state index is 11.9. The molecular weight excluding hydrogens is 228 g/mol. The zero-order valence-electron chi connectivity index (χ0n) is 9.46. The summed E-state index contributed by atoms with van der Waals surface area (Å²) in [5.74, 6) is 0.0328. The lowest BCUT2D eigenvalue weighted by atomic mass is 10.1. The highest BCUT2D eigenvalue weighted by Gasteiger charge is 2.10. The maximum absolute atomic E-state index is 11.9. The quantitative estimate of drug-likeness (QED) is 0.746. The van der Waals surface area contributed by atoms with Crippen LogP contribution in [0.1, 0.15) is 10.6 Å². The van der Waals surface area contributed by atoms with Crippen molar-refractivity contribution in [3.8, 4) is 0 Å². The van der Waals surface area contributed by atoms with Crippen LogP contribution >= 0.6 is 0 Å². The van der Waals surface area contributed by atoms with Crippen LogP contribution in [0, 0.1) is 0 Å². The number of pyridine rings is 1. The van der Waals surface area contributed by atoms with Crippen LogP contribution in [0.25, 0.3) is 10.8 Å². The number of hydrogen-bond acceptors (Lipinski definition) is 3. The number of amides is 1. The second-order valence-corrected chi connectivity index (χ2v) is 3.83. The van der Waals surface area contributed by atoms with Crippen LogP contribution in [0.5, 0.6) is 0 Å². The summed E-state index contributed by atoms with van der Waals surface area (Å²) in [6, 6.07) is 10.9. The van der Waals surface area contributed by atoms with E-state index in [2.05, 4.69) is 10.3 Å². The average Bonchev–Trinajstić information content (AvgIpc) is 2.93. The van der Waals surface area contributed by atoms with Crippen molar-refractivity contribution < 1.29 is 9.21 Å². The Morgan fingerprint density at radius 1 is 1.17 bits per heavy atom. The van der Waals surface area contributed by atoms with Gasteiger partial charge in [0.1, 0.15) is 0 Å². The molecule has 4 nitrogen and oxygen atoms in total. The molecule has 0 saturated carbocycles. The summed E-state index contributed by atoms with van der Waals surface area (Å²) in [7, 11) is 0. The second-order valence-electron chi connectivity index (χ2n) is 3.83. The van der Waals surface area contributed by atoms with Gasteiger partial charge in [-0.1, -0.05) is 12.1 Å². The number of anilines is 1. The number of carbonyl (C=O) groups excluding carboxylic acids is 1. The van der Waals surface area contributed by atoms with Crippen molar-refractivity contribution in [2.24, 2.45) is 0 Å². The Kier molecular flexibility index (Phi) is 2.53. The molecule has 1 N–H and O–H groups in total. The largest absolute Gasteiger partial charge is 0.459 e. The van der Waals surface area contributed by atoms with Crippen molar-refractivity contribution in [3.05, 3.63) is 60.8 Å². The number of rotatable bonds is 2. The number of benzene rings is 1. The maximum Gasteiger partial charge on any atom is 0.291 e. The summed E-state index contributed by atoms with van der Waals surface area (Å²) in [5, 5.41) is 4.76. The summed E-state index contributed by atoms with van der Waals surface area (Å²) < 4.78 is 5.06. The molecule has 1 amide bonds. The number of fused-ring (bicyclic) bond motifs is 1. The van der Waals surface area contributed by atoms with Crippen molar-refractivity contribution >= 4 is 22.4 Å². The lowest BCUT2D eigenvalue weighted by Gasteiger charge is -2.06. The zero-order valence-corrected chi connectivity index (χ0v) is 9.46. The molecule has 0 aliphatic heterocycles. The summed E-state index contributed by atoms with van der Waals surface area (Å²) in [6.45, 7) is 0. The summed E-state index contributed by atoms with van der Waals surface area (Å²) in [5.41, 5.74) is 0.747. The molecule has 0 spiro atoms. The van der Waals surface area contributed by atoms with E-state index >= 15 is 0 Å². The molecule has 0 bridgehead atoms. The van der Waals surface area contributed by atoms with Crippen molar-refractivity contribution in [1.29, 1.82) is 0 Å². The smallest absolute Gasteiger partial charge is 0.291 e. The van der Waals surface area contributed by atoms with Gasteiger partial charge in [0.2, 0.25) is 0 Å². The molecule has 4 heteroatoms. The Hall–Kier alpha value is -2.62. The third-order valence-electron chi connectivity index (χ3n) is 2.67. The fourth-order valence-electron chi connectivity index (χ4n) is 1.82. The third-order valence-corrected chi connectivity index (χ3v) is 2.67. The summed E-state index contributed by atoms with van der Waals surface area (Å²) in [4.78, 5) is 16.0. The standard InChI is InChI=1S/C14H10N2O2/c17-14(13-5-2-8-18-13)16-12-4-1-3-10-9-15-7-6-11(10)12/h1-9H,(H,16,17). The van der Waals surface area contributed by atoms with E-state index in [1.807, 2.05) is 24.3 Å². The molecule has 2 aromatic heterocycles. The molecule has 0 aliphatic rings. The third kappa shape index (κ3) is 1.84. The van der Waals surface area contributed by atoms with Gasteiger partial charge in [-0.2, -0.15) is 0 Å². The van der Waals surface area contributed by atoms with Gasteiger partial charge in [-0.15, -0.1) is 0 Å². The first-order valence-corrected chi connectivity index (χ1v) is 5.52. The molecule has 1 aromatic carbocycles. The van der Waals surface area contributed by atoms with Crippen LogP contribution in [0.4, 0.5) is 5.69 Å². The number of carbonyl (C=O) groups is 1. The van der Waals surface area contributed by atoms with Gasteiger partial charge in [-0.25, -0.2) is 0 Å². The van der Waals surface area contributed by atoms with E-state index in [1.165, 1.54) is 6.26 Å². The van der Waals surface area contributed by atoms with E-state index in [9.17, 15) is 4.79 Å². The van der Waals surface area contributed by atoms with E-state index in [4.69, 9.17) is 4.42 Å². The first-order valence-electron chi connectivity index (χ1n) is 5.52. The Labute approximate surface area is 103 Å². The van der Waals surface area contributed by atoms with E-state index in [0.717, 1.165) is 16.5 Å². The highest BCUT2D eigenvalue weighted by molar-refractivity contribution is 6.07. The molecule has 2 heterocycles. The number of aromatic nitrogens is 1. The fraction of sp³-hybridized carbons (Fsp3) is 0. The lowest BCUT2D eigenvalue weighted by molar-refractivity contribution is 0.0997. The first-order chi connectivity index (χ1) is 8.84. The molecule has 3 aromatic rings. The van der Waals surface area contributed by atoms with E-state index in [0.29, 0.717) is 5.76 Å². The molecule has 0 saturated heterocycles. The number of furan rings is 1. The summed E-state index contributed by atoms with van der Waals surface area (Å²) >= 11 is 0. The topological polar surface area (TPSA) is 55.1 Å². The highest BCUT2D eigenvalue weighted by atomic mass is 16.3. The van der Waals surface area contributed by atoms with Gasteiger partial charge in [-0.05, 0) is 24.3 Å². The molecule has 0 fully saturated rings. The molecule has 0 aliphatic carbocycles. The monoisotopic (exact) mass is 238 g/mol. The van der Waals surface area contributed by atoms with Crippen LogP contribution in [0.3, 0.4) is 0 Å². The van der Waals surface area contributed by atoms with Gasteiger partial charge in [0, 0.05) is 28.9 Å². The minimum atomic E-state index is -0.260. The van der Waals surface area contributed by atoms with E-state index in [-0.39, 0.29) is 5.91 Å². The lowest BCUT2D eigenvalue weighted by Crippen LogP contribution is -2.11. The minimum Gasteiger partial charge on any atom is -0.459 e. The molecular formula is C14H10N2O2. The van der Waals surface area contributed by atoms with Gasteiger partial charge in [-0.3, -0.25) is 9.78 Å². The summed E-state index contributed by atoms with van der Waals surface area (Å²) in [6.07, 6.45) is 4.94. The number of nitrogens with one attached hydrogen (secondary N) is 1. The van der Waals surface area contributed by atoms with Gasteiger partial charge >= 0.3 is 0 Å². The van der Waals surface area contributed by atoms with E-state index < -0.39 is 0 Å². The SMILES string of the molecule is O=C(Nc1cccc2cnccc12)c1ccco1. The molecule has 0 radical (unpaired) electrons. The van der Waals surface area contributed by atoms with Crippen molar-refractivity contribution in [2.75, 3.05) is 5.32 Å². The number of nitrogens with zero attached hydrogens (tertiary/aromatic N) is 1. The highest BCUT2D eigenvalue weighted by Crippen LogP contribution is 2.22. The molecule has 3 rings (SSSR count). The van der Waals surface area contributed by atoms with Crippen LogP contribution in [0.2, 0.25) is 0 Å². The minimum absolute atomic E-state index is 0.260. The van der Waals surface area contributed by atoms with Crippen molar-refractivity contribution in [2.45, 2.75) is 0 Å². The Balaban J connectivity index is 1.98. The molecule has 0 atom stereocenters. The Morgan fingerprint density at radius 3 is 2.94 bits per heavy atom. The van der Waals surface area contributed by atoms with Crippen LogP contribution in [0.15, 0.2) is 59.5 Å². The molecule has 0 unspecified atom stereocenters. The van der Waals surface area contributed by atoms with E-state index in [1.54, 1.807) is 24.5 Å². The van der Waals surface area contributed by atoms with Crippen LogP contribution in [-0.4, -0.2) is 10.9 Å². The average molecular weight is 238 g/mol. The fourth-order valence-corrected chi connectivity index (χ4v) is 1.82.